The Morgan fingerprint density at radius 1 is 1.11 bits per heavy atom. The normalized spacial score (nSPS) is 19.2. The molecule has 92 valence electrons. The minimum atomic E-state index is -4.91. The maximum atomic E-state index is 12.4. The van der Waals surface area contributed by atoms with Gasteiger partial charge in [-0.1, -0.05) is 18.2 Å². The summed E-state index contributed by atoms with van der Waals surface area (Å²) in [6.45, 7) is -4.91. The van der Waals surface area contributed by atoms with E-state index in [0.29, 0.717) is 5.75 Å². The third-order valence-electron chi connectivity index (χ3n) is 2.76. The van der Waals surface area contributed by atoms with Crippen molar-refractivity contribution in [1.29, 1.82) is 0 Å². The number of ether oxygens (including phenoxy) is 1. The molecule has 0 spiro atoms. The van der Waals surface area contributed by atoms with Gasteiger partial charge in [0, 0.05) is 0 Å². The second kappa shape index (κ2) is 7.15. The minimum Gasteiger partial charge on any atom is -0.486 e. The van der Waals surface area contributed by atoms with Crippen molar-refractivity contribution in [3.63, 3.8) is 0 Å². The first kappa shape index (κ1) is 16.3. The van der Waals surface area contributed by atoms with Crippen LogP contribution in [0.15, 0.2) is 36.4 Å². The second-order valence-corrected chi connectivity index (χ2v) is 4.16. The fourth-order valence-corrected chi connectivity index (χ4v) is 1.82. The summed E-state index contributed by atoms with van der Waals surface area (Å²) < 4.78 is 42.7. The van der Waals surface area contributed by atoms with Gasteiger partial charge in [0.1, 0.15) is 11.9 Å². The average molecular weight is 280 g/mol. The largest absolute Gasteiger partial charge is 1.00 e. The molecule has 0 heterocycles. The van der Waals surface area contributed by atoms with Crippen LogP contribution in [-0.4, -0.2) is 13.1 Å². The van der Waals surface area contributed by atoms with E-state index in [4.69, 9.17) is 4.74 Å². The molecule has 0 aliphatic heterocycles. The average Bonchev–Trinajstić information content (AvgIpc) is 2.30. The Hall–Kier alpha value is 0.251. The second-order valence-electron chi connectivity index (χ2n) is 4.16. The number of halogens is 3. The van der Waals surface area contributed by atoms with E-state index in [2.05, 4.69) is 0 Å². The van der Waals surface area contributed by atoms with Crippen LogP contribution in [0.3, 0.4) is 0 Å². The molecule has 1 aliphatic carbocycles. The molecule has 6 heteroatoms. The molecule has 1 nitrogen and oxygen atoms in total. The topological polar surface area (TPSA) is 9.23 Å². The fourth-order valence-electron chi connectivity index (χ4n) is 1.82. The van der Waals surface area contributed by atoms with Crippen LogP contribution in [-0.2, 0) is 0 Å². The molecule has 1 aromatic carbocycles. The zero-order valence-electron chi connectivity index (χ0n) is 10.3. The summed E-state index contributed by atoms with van der Waals surface area (Å²) in [5.74, 6) is 0.491. The van der Waals surface area contributed by atoms with Gasteiger partial charge in [0.25, 0.3) is 0 Å². The summed E-state index contributed by atoms with van der Waals surface area (Å²) >= 11 is 0. The van der Waals surface area contributed by atoms with E-state index in [1.54, 1.807) is 0 Å². The maximum absolute atomic E-state index is 12.4. The third kappa shape index (κ3) is 4.74. The molecule has 0 bridgehead atoms. The molecule has 0 saturated heterocycles. The SMILES string of the molecule is F[B-](F)(F)c1ccc(OC2C=CCCC2)cc1.[K+]. The van der Waals surface area contributed by atoms with Crippen LogP contribution >= 0.6 is 0 Å². The molecule has 1 atom stereocenters. The predicted molar refractivity (Wildman–Crippen MR) is 62.6 cm³/mol. The van der Waals surface area contributed by atoms with E-state index in [1.165, 1.54) is 12.1 Å². The molecule has 0 aromatic heterocycles. The van der Waals surface area contributed by atoms with Crippen molar-refractivity contribution >= 4 is 12.4 Å². The van der Waals surface area contributed by atoms with Crippen molar-refractivity contribution < 1.29 is 69.1 Å². The fraction of sp³-hybridized carbons (Fsp3) is 0.333. The predicted octanol–water partition coefficient (Wildman–Crippen LogP) is 0.232. The molecule has 1 aromatic rings. The zero-order chi connectivity index (χ0) is 12.3. The van der Waals surface area contributed by atoms with E-state index in [0.717, 1.165) is 31.4 Å². The van der Waals surface area contributed by atoms with E-state index in [9.17, 15) is 12.9 Å². The Morgan fingerprint density at radius 3 is 2.28 bits per heavy atom. The van der Waals surface area contributed by atoms with Crippen LogP contribution in [0.1, 0.15) is 19.3 Å². The summed E-state index contributed by atoms with van der Waals surface area (Å²) in [6.07, 6.45) is 7.03. The molecule has 0 saturated carbocycles. The Labute approximate surface area is 147 Å². The summed E-state index contributed by atoms with van der Waals surface area (Å²) in [5, 5.41) is 0. The Kier molecular flexibility index (Phi) is 6.47. The molecule has 0 radical (unpaired) electrons. The van der Waals surface area contributed by atoms with Crippen molar-refractivity contribution in [1.82, 2.24) is 0 Å². The van der Waals surface area contributed by atoms with Gasteiger partial charge < -0.3 is 17.7 Å². The molecular weight excluding hydrogens is 267 g/mol. The quantitative estimate of drug-likeness (QED) is 0.569. The number of hydrogen-bond acceptors (Lipinski definition) is 1. The Balaban J connectivity index is 0.00000162. The molecule has 18 heavy (non-hydrogen) atoms. The molecule has 1 aliphatic rings. The van der Waals surface area contributed by atoms with Crippen molar-refractivity contribution in [3.8, 4) is 5.75 Å². The molecule has 0 N–H and O–H groups in total. The van der Waals surface area contributed by atoms with Gasteiger partial charge in [-0.25, -0.2) is 0 Å². The van der Waals surface area contributed by atoms with Gasteiger partial charge in [-0.15, -0.1) is 5.46 Å². The molecule has 2 rings (SSSR count). The zero-order valence-corrected chi connectivity index (χ0v) is 13.4. The van der Waals surface area contributed by atoms with Crippen molar-refractivity contribution in [2.45, 2.75) is 25.4 Å². The monoisotopic (exact) mass is 280 g/mol. The smallest absolute Gasteiger partial charge is 0.486 e. The number of benzene rings is 1. The van der Waals surface area contributed by atoms with Gasteiger partial charge in [0.2, 0.25) is 0 Å². The van der Waals surface area contributed by atoms with Crippen molar-refractivity contribution in [2.24, 2.45) is 0 Å². The van der Waals surface area contributed by atoms with Gasteiger partial charge in [-0.2, -0.15) is 0 Å². The first-order valence-electron chi connectivity index (χ1n) is 5.69. The van der Waals surface area contributed by atoms with Gasteiger partial charge >= 0.3 is 58.4 Å². The first-order valence-corrected chi connectivity index (χ1v) is 5.69. The number of allylic oxidation sites excluding steroid dienone is 1. The summed E-state index contributed by atoms with van der Waals surface area (Å²) in [6, 6.07) is 4.91. The summed E-state index contributed by atoms with van der Waals surface area (Å²) in [4.78, 5) is 0. The Morgan fingerprint density at radius 2 is 1.78 bits per heavy atom. The minimum absolute atomic E-state index is 0. The van der Waals surface area contributed by atoms with Crippen molar-refractivity contribution in [2.75, 3.05) is 0 Å². The maximum Gasteiger partial charge on any atom is 1.00 e. The summed E-state index contributed by atoms with van der Waals surface area (Å²) in [5.41, 5.74) is -0.587. The van der Waals surface area contributed by atoms with Crippen LogP contribution in [0.25, 0.3) is 0 Å². The van der Waals surface area contributed by atoms with Crippen molar-refractivity contribution in [3.05, 3.63) is 36.4 Å². The molecule has 1 unspecified atom stereocenters. The molecule has 0 fully saturated rings. The van der Waals surface area contributed by atoms with E-state index in [1.807, 2.05) is 12.2 Å². The van der Waals surface area contributed by atoms with Crippen LogP contribution in [0.4, 0.5) is 12.9 Å². The van der Waals surface area contributed by atoms with E-state index < -0.39 is 12.4 Å². The number of rotatable bonds is 3. The van der Waals surface area contributed by atoms with Crippen LogP contribution < -0.4 is 61.6 Å². The Bertz CT molecular complexity index is 403. The molecular formula is C12H13BF3KO. The first-order chi connectivity index (χ1) is 8.05. The van der Waals surface area contributed by atoms with Gasteiger partial charge in [0.15, 0.2) is 0 Å². The standard InChI is InChI=1S/C12H13BF3O.K/c14-13(15,16)10-6-8-12(9-7-10)17-11-4-2-1-3-5-11;/h2,4,6-9,11H,1,3,5H2;/q-1;+1. The number of hydrogen-bond donors (Lipinski definition) is 0. The van der Waals surface area contributed by atoms with Gasteiger partial charge in [-0.05, 0) is 37.5 Å². The third-order valence-corrected chi connectivity index (χ3v) is 2.76. The van der Waals surface area contributed by atoms with Crippen LogP contribution in [0.2, 0.25) is 0 Å². The van der Waals surface area contributed by atoms with E-state index >= 15 is 0 Å². The van der Waals surface area contributed by atoms with E-state index in [-0.39, 0.29) is 57.5 Å². The molecule has 0 amide bonds. The van der Waals surface area contributed by atoms with Crippen LogP contribution in [0.5, 0.6) is 5.75 Å². The van der Waals surface area contributed by atoms with Gasteiger partial charge in [0.05, 0.1) is 0 Å². The van der Waals surface area contributed by atoms with Crippen LogP contribution in [0, 0.1) is 0 Å². The summed E-state index contributed by atoms with van der Waals surface area (Å²) in [7, 11) is 0. The van der Waals surface area contributed by atoms with Gasteiger partial charge in [-0.3, -0.25) is 0 Å².